The standard InChI is InChI=1S/C12H12O4/c1-15-11(13)7-6-9-4-3-5-10(8-9)12(14)16-2/h3-8H,1-2H3. The zero-order valence-electron chi connectivity index (χ0n) is 9.10. The van der Waals surface area contributed by atoms with Gasteiger partial charge < -0.3 is 9.47 Å². The van der Waals surface area contributed by atoms with Crippen molar-refractivity contribution in [1.29, 1.82) is 0 Å². The summed E-state index contributed by atoms with van der Waals surface area (Å²) in [4.78, 5) is 22.1. The predicted octanol–water partition coefficient (Wildman–Crippen LogP) is 1.66. The summed E-state index contributed by atoms with van der Waals surface area (Å²) in [6.07, 6.45) is 2.86. The molecule has 0 unspecified atom stereocenters. The van der Waals surface area contributed by atoms with Gasteiger partial charge in [0.05, 0.1) is 19.8 Å². The van der Waals surface area contributed by atoms with Crippen LogP contribution < -0.4 is 0 Å². The summed E-state index contributed by atoms with van der Waals surface area (Å²) < 4.78 is 9.04. The molecule has 4 heteroatoms. The highest BCUT2D eigenvalue weighted by Crippen LogP contribution is 2.08. The molecular formula is C12H12O4. The van der Waals surface area contributed by atoms with Crippen molar-refractivity contribution in [2.75, 3.05) is 14.2 Å². The molecule has 0 aromatic heterocycles. The number of carbonyl (C=O) groups excluding carboxylic acids is 2. The summed E-state index contributed by atoms with van der Waals surface area (Å²) in [5.74, 6) is -0.850. The number of hydrogen-bond donors (Lipinski definition) is 0. The Bertz CT molecular complexity index is 421. The van der Waals surface area contributed by atoms with Crippen LogP contribution in [0.15, 0.2) is 30.3 Å². The second-order valence-corrected chi connectivity index (χ2v) is 2.97. The fourth-order valence-corrected chi connectivity index (χ4v) is 1.12. The van der Waals surface area contributed by atoms with Crippen LogP contribution in [-0.4, -0.2) is 26.2 Å². The van der Waals surface area contributed by atoms with E-state index in [1.807, 2.05) is 0 Å². The van der Waals surface area contributed by atoms with Gasteiger partial charge in [0.25, 0.3) is 0 Å². The fourth-order valence-electron chi connectivity index (χ4n) is 1.12. The van der Waals surface area contributed by atoms with Crippen LogP contribution in [0.25, 0.3) is 6.08 Å². The molecule has 1 aromatic carbocycles. The van der Waals surface area contributed by atoms with Crippen LogP contribution in [0.4, 0.5) is 0 Å². The van der Waals surface area contributed by atoms with Crippen LogP contribution in [0, 0.1) is 0 Å². The number of hydrogen-bond acceptors (Lipinski definition) is 4. The van der Waals surface area contributed by atoms with Gasteiger partial charge in [-0.2, -0.15) is 0 Å². The molecule has 0 saturated heterocycles. The highest BCUT2D eigenvalue weighted by molar-refractivity contribution is 5.91. The first-order valence-electron chi connectivity index (χ1n) is 4.62. The summed E-state index contributed by atoms with van der Waals surface area (Å²) >= 11 is 0. The number of benzene rings is 1. The lowest BCUT2D eigenvalue weighted by atomic mass is 10.1. The minimum atomic E-state index is -0.441. The fraction of sp³-hybridized carbons (Fsp3) is 0.167. The molecule has 0 heterocycles. The highest BCUT2D eigenvalue weighted by atomic mass is 16.5. The lowest BCUT2D eigenvalue weighted by molar-refractivity contribution is -0.134. The van der Waals surface area contributed by atoms with Crippen LogP contribution in [0.2, 0.25) is 0 Å². The molecule has 0 aliphatic carbocycles. The van der Waals surface area contributed by atoms with Crippen molar-refractivity contribution < 1.29 is 19.1 Å². The van der Waals surface area contributed by atoms with Crippen molar-refractivity contribution in [3.8, 4) is 0 Å². The van der Waals surface area contributed by atoms with Crippen molar-refractivity contribution in [1.82, 2.24) is 0 Å². The largest absolute Gasteiger partial charge is 0.466 e. The summed E-state index contributed by atoms with van der Waals surface area (Å²) in [5, 5.41) is 0. The second kappa shape index (κ2) is 5.70. The van der Waals surface area contributed by atoms with E-state index in [-0.39, 0.29) is 0 Å². The van der Waals surface area contributed by atoms with Crippen LogP contribution >= 0.6 is 0 Å². The Morgan fingerprint density at radius 3 is 2.56 bits per heavy atom. The summed E-state index contributed by atoms with van der Waals surface area (Å²) in [6, 6.07) is 6.75. The van der Waals surface area contributed by atoms with E-state index >= 15 is 0 Å². The first-order chi connectivity index (χ1) is 7.67. The monoisotopic (exact) mass is 220 g/mol. The molecule has 0 atom stereocenters. The molecule has 0 N–H and O–H groups in total. The molecule has 0 aliphatic heterocycles. The van der Waals surface area contributed by atoms with Gasteiger partial charge in [-0.1, -0.05) is 12.1 Å². The lowest BCUT2D eigenvalue weighted by Crippen LogP contribution is -2.00. The van der Waals surface area contributed by atoms with Crippen molar-refractivity contribution in [3.63, 3.8) is 0 Å². The Hall–Kier alpha value is -2.10. The molecular weight excluding hydrogens is 208 g/mol. The molecule has 84 valence electrons. The minimum Gasteiger partial charge on any atom is -0.466 e. The maximum atomic E-state index is 11.2. The zero-order valence-corrected chi connectivity index (χ0v) is 9.10. The van der Waals surface area contributed by atoms with E-state index in [0.717, 1.165) is 5.56 Å². The molecule has 0 saturated carbocycles. The maximum Gasteiger partial charge on any atom is 0.337 e. The van der Waals surface area contributed by atoms with Crippen molar-refractivity contribution in [2.45, 2.75) is 0 Å². The molecule has 16 heavy (non-hydrogen) atoms. The Morgan fingerprint density at radius 1 is 1.19 bits per heavy atom. The molecule has 0 radical (unpaired) electrons. The second-order valence-electron chi connectivity index (χ2n) is 2.97. The number of ether oxygens (including phenoxy) is 2. The smallest absolute Gasteiger partial charge is 0.337 e. The van der Waals surface area contributed by atoms with Gasteiger partial charge >= 0.3 is 11.9 Å². The topological polar surface area (TPSA) is 52.6 Å². The number of methoxy groups -OCH3 is 2. The minimum absolute atomic E-state index is 0.409. The predicted molar refractivity (Wildman–Crippen MR) is 58.8 cm³/mol. The van der Waals surface area contributed by atoms with Crippen molar-refractivity contribution >= 4 is 18.0 Å². The molecule has 0 amide bonds. The first-order valence-corrected chi connectivity index (χ1v) is 4.62. The van der Waals surface area contributed by atoms with Crippen LogP contribution in [0.3, 0.4) is 0 Å². The molecule has 0 fully saturated rings. The summed E-state index contributed by atoms with van der Waals surface area (Å²) in [5.41, 5.74) is 1.17. The van der Waals surface area contributed by atoms with E-state index in [1.54, 1.807) is 30.3 Å². The van der Waals surface area contributed by atoms with E-state index in [1.165, 1.54) is 20.3 Å². The van der Waals surface area contributed by atoms with Crippen molar-refractivity contribution in [3.05, 3.63) is 41.5 Å². The zero-order chi connectivity index (χ0) is 12.0. The first kappa shape index (κ1) is 12.0. The number of rotatable bonds is 3. The third-order valence-corrected chi connectivity index (χ3v) is 1.92. The lowest BCUT2D eigenvalue weighted by Gasteiger charge is -1.99. The SMILES string of the molecule is COC(=O)C=Cc1cccc(C(=O)OC)c1. The Morgan fingerprint density at radius 2 is 1.94 bits per heavy atom. The van der Waals surface area contributed by atoms with Gasteiger partial charge in [0.1, 0.15) is 0 Å². The average molecular weight is 220 g/mol. The van der Waals surface area contributed by atoms with E-state index in [0.29, 0.717) is 5.56 Å². The van der Waals surface area contributed by atoms with E-state index in [2.05, 4.69) is 9.47 Å². The molecule has 1 aromatic rings. The quantitative estimate of drug-likeness (QED) is 0.574. The molecule has 1 rings (SSSR count). The Kier molecular flexibility index (Phi) is 4.27. The van der Waals surface area contributed by atoms with E-state index < -0.39 is 11.9 Å². The van der Waals surface area contributed by atoms with E-state index in [4.69, 9.17) is 0 Å². The molecule has 0 bridgehead atoms. The van der Waals surface area contributed by atoms with Crippen LogP contribution in [0.1, 0.15) is 15.9 Å². The third-order valence-electron chi connectivity index (χ3n) is 1.92. The van der Waals surface area contributed by atoms with Gasteiger partial charge in [0.15, 0.2) is 0 Å². The molecule has 4 nitrogen and oxygen atoms in total. The van der Waals surface area contributed by atoms with Gasteiger partial charge in [-0.15, -0.1) is 0 Å². The molecule has 0 aliphatic rings. The van der Waals surface area contributed by atoms with Gasteiger partial charge in [-0.25, -0.2) is 9.59 Å². The normalized spacial score (nSPS) is 10.1. The van der Waals surface area contributed by atoms with Gasteiger partial charge in [-0.05, 0) is 23.8 Å². The van der Waals surface area contributed by atoms with Gasteiger partial charge in [0, 0.05) is 6.08 Å². The number of carbonyl (C=O) groups is 2. The maximum absolute atomic E-state index is 11.2. The van der Waals surface area contributed by atoms with Gasteiger partial charge in [-0.3, -0.25) is 0 Å². The van der Waals surface area contributed by atoms with E-state index in [9.17, 15) is 9.59 Å². The van der Waals surface area contributed by atoms with Gasteiger partial charge in [0.2, 0.25) is 0 Å². The summed E-state index contributed by atoms with van der Waals surface area (Å²) in [6.45, 7) is 0. The van der Waals surface area contributed by atoms with Crippen LogP contribution in [0.5, 0.6) is 0 Å². The average Bonchev–Trinajstić information content (AvgIpc) is 2.35. The van der Waals surface area contributed by atoms with Crippen LogP contribution in [-0.2, 0) is 14.3 Å². The number of esters is 2. The Balaban J connectivity index is 2.86. The molecule has 0 spiro atoms. The third kappa shape index (κ3) is 3.24. The summed E-state index contributed by atoms with van der Waals surface area (Å²) in [7, 11) is 2.62. The Labute approximate surface area is 93.5 Å². The highest BCUT2D eigenvalue weighted by Gasteiger charge is 2.04. The van der Waals surface area contributed by atoms with Crippen molar-refractivity contribution in [2.24, 2.45) is 0 Å².